The number of thioether (sulfide) groups is 1. The van der Waals surface area contributed by atoms with Gasteiger partial charge in [-0.25, -0.2) is 8.42 Å². The van der Waals surface area contributed by atoms with Gasteiger partial charge < -0.3 is 4.90 Å². The lowest BCUT2D eigenvalue weighted by Gasteiger charge is -2.35. The van der Waals surface area contributed by atoms with E-state index in [4.69, 9.17) is 0 Å². The van der Waals surface area contributed by atoms with Crippen LogP contribution in [0.3, 0.4) is 0 Å². The summed E-state index contributed by atoms with van der Waals surface area (Å²) in [7, 11) is -3.56. The molecular formula is C20H21N3O4S2. The molecule has 2 heterocycles. The van der Waals surface area contributed by atoms with Crippen LogP contribution in [0.15, 0.2) is 59.5 Å². The van der Waals surface area contributed by atoms with Crippen LogP contribution in [0.2, 0.25) is 0 Å². The minimum atomic E-state index is -3.56. The average molecular weight is 432 g/mol. The molecule has 0 saturated carbocycles. The number of carbonyl (C=O) groups excluding carboxylic acids is 2. The summed E-state index contributed by atoms with van der Waals surface area (Å²) in [6.07, 6.45) is 0.387. The number of nitrogens with one attached hydrogen (secondary N) is 1. The van der Waals surface area contributed by atoms with Crippen LogP contribution in [0, 0.1) is 0 Å². The van der Waals surface area contributed by atoms with Gasteiger partial charge in [-0.05, 0) is 36.2 Å². The topological polar surface area (TPSA) is 86.8 Å². The van der Waals surface area contributed by atoms with Gasteiger partial charge >= 0.3 is 0 Å². The highest BCUT2D eigenvalue weighted by Crippen LogP contribution is 2.25. The van der Waals surface area contributed by atoms with Crippen molar-refractivity contribution in [2.45, 2.75) is 16.6 Å². The number of hydrogen-bond acceptors (Lipinski definition) is 6. The number of carbonyl (C=O) groups is 2. The molecule has 1 N–H and O–H groups in total. The summed E-state index contributed by atoms with van der Waals surface area (Å²) in [5.41, 5.74) is 1.92. The number of amides is 2. The Kier molecular flexibility index (Phi) is 5.62. The third-order valence-electron chi connectivity index (χ3n) is 5.11. The van der Waals surface area contributed by atoms with Crippen molar-refractivity contribution < 1.29 is 18.0 Å². The standard InChI is InChI=1S/C20H21N3O4S2/c24-19-18(28-20(25)21-19)14-15-6-8-17(9-7-15)29(26,27)23-12-10-22(11-13-23)16-4-2-1-3-5-16/h1-9,18H,10-14H2,(H,21,24,25). The van der Waals surface area contributed by atoms with Crippen LogP contribution in [0.25, 0.3) is 0 Å². The Bertz CT molecular complexity index is 1000. The highest BCUT2D eigenvalue weighted by Gasteiger charge is 2.32. The Labute approximate surface area is 174 Å². The quantitative estimate of drug-likeness (QED) is 0.780. The van der Waals surface area contributed by atoms with E-state index in [1.807, 2.05) is 30.3 Å². The van der Waals surface area contributed by atoms with Crippen molar-refractivity contribution in [2.24, 2.45) is 0 Å². The van der Waals surface area contributed by atoms with Gasteiger partial charge in [0.1, 0.15) is 0 Å². The Balaban J connectivity index is 1.40. The molecule has 4 rings (SSSR count). The van der Waals surface area contributed by atoms with E-state index in [9.17, 15) is 18.0 Å². The Morgan fingerprint density at radius 2 is 1.59 bits per heavy atom. The molecule has 7 nitrogen and oxygen atoms in total. The van der Waals surface area contributed by atoms with Crippen LogP contribution in [0.5, 0.6) is 0 Å². The lowest BCUT2D eigenvalue weighted by atomic mass is 10.1. The predicted molar refractivity (Wildman–Crippen MR) is 112 cm³/mol. The monoisotopic (exact) mass is 431 g/mol. The van der Waals surface area contributed by atoms with Crippen LogP contribution in [0.4, 0.5) is 10.5 Å². The van der Waals surface area contributed by atoms with Crippen molar-refractivity contribution >= 4 is 38.6 Å². The molecule has 0 aromatic heterocycles. The molecule has 1 atom stereocenters. The van der Waals surface area contributed by atoms with E-state index in [2.05, 4.69) is 10.2 Å². The molecule has 2 amide bonds. The summed E-state index contributed by atoms with van der Waals surface area (Å²) in [5.74, 6) is -0.298. The summed E-state index contributed by atoms with van der Waals surface area (Å²) in [6.45, 7) is 2.15. The first-order valence-corrected chi connectivity index (χ1v) is 11.7. The molecule has 9 heteroatoms. The molecule has 2 fully saturated rings. The van der Waals surface area contributed by atoms with Gasteiger partial charge in [0.2, 0.25) is 15.9 Å². The molecule has 0 aliphatic carbocycles. The zero-order valence-electron chi connectivity index (χ0n) is 15.7. The Hall–Kier alpha value is -2.36. The molecule has 2 aromatic rings. The van der Waals surface area contributed by atoms with E-state index in [1.165, 1.54) is 4.31 Å². The number of rotatable bonds is 5. The summed E-state index contributed by atoms with van der Waals surface area (Å²) in [5, 5.41) is 1.46. The first kappa shape index (κ1) is 19.9. The summed E-state index contributed by atoms with van der Waals surface area (Å²) in [4.78, 5) is 25.4. The Morgan fingerprint density at radius 1 is 0.931 bits per heavy atom. The maximum Gasteiger partial charge on any atom is 0.286 e. The number of sulfonamides is 1. The van der Waals surface area contributed by atoms with E-state index in [0.717, 1.165) is 23.0 Å². The van der Waals surface area contributed by atoms with Gasteiger partial charge in [-0.3, -0.25) is 14.9 Å². The summed E-state index contributed by atoms with van der Waals surface area (Å²) >= 11 is 0.969. The molecule has 2 saturated heterocycles. The predicted octanol–water partition coefficient (Wildman–Crippen LogP) is 2.09. The fraction of sp³-hybridized carbons (Fsp3) is 0.300. The lowest BCUT2D eigenvalue weighted by molar-refractivity contribution is -0.118. The molecule has 2 aliphatic heterocycles. The number of para-hydroxylation sites is 1. The average Bonchev–Trinajstić information content (AvgIpc) is 3.06. The SMILES string of the molecule is O=C1NC(=O)C(Cc2ccc(S(=O)(=O)N3CCN(c4ccccc4)CC3)cc2)S1. The van der Waals surface area contributed by atoms with Crippen molar-refractivity contribution in [1.82, 2.24) is 9.62 Å². The van der Waals surface area contributed by atoms with Crippen LogP contribution >= 0.6 is 11.8 Å². The molecular weight excluding hydrogens is 410 g/mol. The zero-order chi connectivity index (χ0) is 20.4. The fourth-order valence-electron chi connectivity index (χ4n) is 3.51. The molecule has 0 radical (unpaired) electrons. The normalized spacial score (nSPS) is 20.7. The first-order chi connectivity index (χ1) is 13.9. The van der Waals surface area contributed by atoms with Crippen molar-refractivity contribution in [3.05, 3.63) is 60.2 Å². The van der Waals surface area contributed by atoms with Crippen LogP contribution in [0.1, 0.15) is 5.56 Å². The second-order valence-electron chi connectivity index (χ2n) is 6.96. The van der Waals surface area contributed by atoms with E-state index < -0.39 is 15.3 Å². The number of hydrogen-bond donors (Lipinski definition) is 1. The van der Waals surface area contributed by atoms with Gasteiger partial charge in [0.15, 0.2) is 0 Å². The molecule has 0 spiro atoms. The van der Waals surface area contributed by atoms with Crippen molar-refractivity contribution in [2.75, 3.05) is 31.1 Å². The molecule has 2 aromatic carbocycles. The molecule has 152 valence electrons. The third kappa shape index (κ3) is 4.31. The highest BCUT2D eigenvalue weighted by molar-refractivity contribution is 8.15. The number of anilines is 1. The highest BCUT2D eigenvalue weighted by atomic mass is 32.2. The van der Waals surface area contributed by atoms with Gasteiger partial charge in [-0.2, -0.15) is 4.31 Å². The summed E-state index contributed by atoms with van der Waals surface area (Å²) in [6, 6.07) is 16.5. The summed E-state index contributed by atoms with van der Waals surface area (Å²) < 4.78 is 27.5. The second-order valence-corrected chi connectivity index (χ2v) is 10.1. The van der Waals surface area contributed by atoms with Crippen molar-refractivity contribution in [3.63, 3.8) is 0 Å². The van der Waals surface area contributed by atoms with E-state index in [1.54, 1.807) is 24.3 Å². The van der Waals surface area contributed by atoms with Gasteiger partial charge in [-0.1, -0.05) is 42.1 Å². The number of nitrogens with zero attached hydrogens (tertiary/aromatic N) is 2. The van der Waals surface area contributed by atoms with Crippen LogP contribution in [-0.4, -0.2) is 55.3 Å². The van der Waals surface area contributed by atoms with Gasteiger partial charge in [0.05, 0.1) is 10.1 Å². The molecule has 2 aliphatic rings. The van der Waals surface area contributed by atoms with Crippen LogP contribution < -0.4 is 10.2 Å². The lowest BCUT2D eigenvalue weighted by Crippen LogP contribution is -2.48. The largest absolute Gasteiger partial charge is 0.369 e. The van der Waals surface area contributed by atoms with Gasteiger partial charge in [-0.15, -0.1) is 0 Å². The molecule has 1 unspecified atom stereocenters. The molecule has 0 bridgehead atoms. The smallest absolute Gasteiger partial charge is 0.286 e. The van der Waals surface area contributed by atoms with Crippen LogP contribution in [-0.2, 0) is 21.2 Å². The maximum atomic E-state index is 13.0. The van der Waals surface area contributed by atoms with Crippen molar-refractivity contribution in [3.8, 4) is 0 Å². The van der Waals surface area contributed by atoms with Gasteiger partial charge in [0, 0.05) is 31.9 Å². The third-order valence-corrected chi connectivity index (χ3v) is 8.00. The zero-order valence-corrected chi connectivity index (χ0v) is 17.3. The Morgan fingerprint density at radius 3 is 2.17 bits per heavy atom. The fourth-order valence-corrected chi connectivity index (χ4v) is 5.80. The van der Waals surface area contributed by atoms with Crippen molar-refractivity contribution in [1.29, 1.82) is 0 Å². The number of benzene rings is 2. The number of piperazine rings is 1. The maximum absolute atomic E-state index is 13.0. The minimum absolute atomic E-state index is 0.244. The van der Waals surface area contributed by atoms with E-state index >= 15 is 0 Å². The van der Waals surface area contributed by atoms with E-state index in [0.29, 0.717) is 32.6 Å². The number of imide groups is 1. The second kappa shape index (κ2) is 8.17. The van der Waals surface area contributed by atoms with E-state index in [-0.39, 0.29) is 16.0 Å². The minimum Gasteiger partial charge on any atom is -0.369 e. The van der Waals surface area contributed by atoms with Gasteiger partial charge in [0.25, 0.3) is 5.24 Å². The molecule has 29 heavy (non-hydrogen) atoms. The first-order valence-electron chi connectivity index (χ1n) is 9.34.